The molecule has 0 radical (unpaired) electrons. The van der Waals surface area contributed by atoms with E-state index in [1.165, 1.54) is 17.4 Å². The highest BCUT2D eigenvalue weighted by atomic mass is 32.1. The molecule has 4 nitrogen and oxygen atoms in total. The van der Waals surface area contributed by atoms with E-state index >= 15 is 0 Å². The van der Waals surface area contributed by atoms with Gasteiger partial charge in [0.25, 0.3) is 5.91 Å². The van der Waals surface area contributed by atoms with Crippen LogP contribution < -0.4 is 5.32 Å². The van der Waals surface area contributed by atoms with E-state index in [4.69, 9.17) is 5.11 Å². The average molecular weight is 265 g/mol. The van der Waals surface area contributed by atoms with Gasteiger partial charge in [-0.05, 0) is 30.9 Å². The van der Waals surface area contributed by atoms with Gasteiger partial charge < -0.3 is 10.4 Å². The normalized spacial score (nSPS) is 22.7. The van der Waals surface area contributed by atoms with Crippen molar-refractivity contribution in [3.05, 3.63) is 28.0 Å². The fourth-order valence-corrected chi connectivity index (χ4v) is 2.78. The molecule has 0 bridgehead atoms. The number of rotatable bonds is 4. The predicted octanol–water partition coefficient (Wildman–Crippen LogP) is 2.37. The highest BCUT2D eigenvalue weighted by molar-refractivity contribution is 7.11. The molecule has 2 rings (SSSR count). The Hall–Kier alpha value is -1.62. The van der Waals surface area contributed by atoms with Gasteiger partial charge in [-0.25, -0.2) is 4.79 Å². The van der Waals surface area contributed by atoms with Gasteiger partial charge in [0.2, 0.25) is 0 Å². The zero-order chi connectivity index (χ0) is 13.1. The number of hydrogen-bond donors (Lipinski definition) is 2. The van der Waals surface area contributed by atoms with Gasteiger partial charge in [-0.1, -0.05) is 6.92 Å². The van der Waals surface area contributed by atoms with Crippen LogP contribution in [0.2, 0.25) is 0 Å². The summed E-state index contributed by atoms with van der Waals surface area (Å²) >= 11 is 1.36. The second-order valence-electron chi connectivity index (χ2n) is 4.66. The van der Waals surface area contributed by atoms with Crippen molar-refractivity contribution in [2.75, 3.05) is 0 Å². The topological polar surface area (TPSA) is 66.4 Å². The minimum Gasteiger partial charge on any atom is -0.478 e. The van der Waals surface area contributed by atoms with Crippen molar-refractivity contribution in [2.45, 2.75) is 25.8 Å². The van der Waals surface area contributed by atoms with Crippen LogP contribution >= 0.6 is 11.3 Å². The van der Waals surface area contributed by atoms with Crippen LogP contribution in [0.1, 0.15) is 35.0 Å². The van der Waals surface area contributed by atoms with Crippen LogP contribution in [0.15, 0.2) is 17.5 Å². The Balaban J connectivity index is 1.92. The molecular formula is C13H15NO3S. The van der Waals surface area contributed by atoms with E-state index in [1.54, 1.807) is 11.4 Å². The number of carboxylic acids is 1. The average Bonchev–Trinajstić information content (AvgIpc) is 2.72. The number of hydrogen-bond acceptors (Lipinski definition) is 3. The van der Waals surface area contributed by atoms with Crippen LogP contribution in [0.4, 0.5) is 0 Å². The van der Waals surface area contributed by atoms with E-state index in [0.717, 1.165) is 23.8 Å². The monoisotopic (exact) mass is 265 g/mol. The third-order valence-electron chi connectivity index (χ3n) is 2.98. The van der Waals surface area contributed by atoms with E-state index in [1.807, 2.05) is 0 Å². The van der Waals surface area contributed by atoms with Gasteiger partial charge in [0.1, 0.15) is 0 Å². The van der Waals surface area contributed by atoms with Crippen LogP contribution in [0, 0.1) is 5.92 Å². The summed E-state index contributed by atoms with van der Waals surface area (Å²) in [5.41, 5.74) is 0.601. The predicted molar refractivity (Wildman–Crippen MR) is 70.6 cm³/mol. The first-order valence-electron chi connectivity index (χ1n) is 5.85. The number of amides is 1. The highest BCUT2D eigenvalue weighted by Crippen LogP contribution is 2.26. The molecular weight excluding hydrogens is 250 g/mol. The largest absolute Gasteiger partial charge is 0.478 e. The number of carboxylic acid groups (broad SMARTS) is 1. The Morgan fingerprint density at radius 2 is 2.22 bits per heavy atom. The molecule has 96 valence electrons. The lowest BCUT2D eigenvalue weighted by atomic mass is 9.82. The van der Waals surface area contributed by atoms with Crippen molar-refractivity contribution in [3.63, 3.8) is 0 Å². The fourth-order valence-electron chi connectivity index (χ4n) is 2.00. The zero-order valence-electron chi connectivity index (χ0n) is 10.1. The van der Waals surface area contributed by atoms with Gasteiger partial charge >= 0.3 is 5.97 Å². The quantitative estimate of drug-likeness (QED) is 0.821. The molecule has 1 fully saturated rings. The molecule has 0 spiro atoms. The van der Waals surface area contributed by atoms with Gasteiger partial charge in [0.15, 0.2) is 0 Å². The second-order valence-corrected chi connectivity index (χ2v) is 5.60. The minimum atomic E-state index is -0.988. The van der Waals surface area contributed by atoms with Gasteiger partial charge in [0, 0.05) is 22.4 Å². The molecule has 0 atom stereocenters. The Labute approximate surface area is 109 Å². The van der Waals surface area contributed by atoms with Crippen molar-refractivity contribution < 1.29 is 14.7 Å². The zero-order valence-corrected chi connectivity index (χ0v) is 10.9. The van der Waals surface area contributed by atoms with Crippen LogP contribution in [0.25, 0.3) is 6.08 Å². The summed E-state index contributed by atoms with van der Waals surface area (Å²) in [4.78, 5) is 23.0. The molecule has 1 saturated carbocycles. The third kappa shape index (κ3) is 3.20. The molecule has 0 aliphatic heterocycles. The fraction of sp³-hybridized carbons (Fsp3) is 0.385. The van der Waals surface area contributed by atoms with Gasteiger partial charge in [-0.2, -0.15) is 0 Å². The number of aliphatic carboxylic acids is 1. The Morgan fingerprint density at radius 3 is 2.83 bits per heavy atom. The Morgan fingerprint density at radius 1 is 1.50 bits per heavy atom. The van der Waals surface area contributed by atoms with Gasteiger partial charge in [-0.15, -0.1) is 11.3 Å². The summed E-state index contributed by atoms with van der Waals surface area (Å²) in [6, 6.07) is 2.01. The van der Waals surface area contributed by atoms with Crippen LogP contribution in [-0.4, -0.2) is 23.0 Å². The lowest BCUT2D eigenvalue weighted by molar-refractivity contribution is -0.131. The number of carbonyl (C=O) groups is 2. The molecule has 1 aliphatic carbocycles. The first-order valence-corrected chi connectivity index (χ1v) is 6.73. The minimum absolute atomic E-state index is 0.0712. The van der Waals surface area contributed by atoms with E-state index < -0.39 is 5.97 Å². The maximum atomic E-state index is 11.9. The van der Waals surface area contributed by atoms with Crippen LogP contribution in [0.3, 0.4) is 0 Å². The molecule has 0 saturated heterocycles. The highest BCUT2D eigenvalue weighted by Gasteiger charge is 2.26. The lowest BCUT2D eigenvalue weighted by Crippen LogP contribution is -2.43. The number of thiophene rings is 1. The molecule has 1 aromatic heterocycles. The van der Waals surface area contributed by atoms with Crippen molar-refractivity contribution >= 4 is 29.3 Å². The molecule has 2 N–H and O–H groups in total. The molecule has 18 heavy (non-hydrogen) atoms. The number of nitrogens with one attached hydrogen (secondary N) is 1. The smallest absolute Gasteiger partial charge is 0.328 e. The summed E-state index contributed by atoms with van der Waals surface area (Å²) in [5, 5.41) is 13.2. The van der Waals surface area contributed by atoms with Crippen LogP contribution in [-0.2, 0) is 4.79 Å². The van der Waals surface area contributed by atoms with E-state index in [2.05, 4.69) is 12.2 Å². The summed E-state index contributed by atoms with van der Waals surface area (Å²) in [6.45, 7) is 2.17. The van der Waals surface area contributed by atoms with Crippen molar-refractivity contribution in [3.8, 4) is 0 Å². The maximum Gasteiger partial charge on any atom is 0.328 e. The van der Waals surface area contributed by atoms with E-state index in [9.17, 15) is 9.59 Å². The summed E-state index contributed by atoms with van der Waals surface area (Å²) < 4.78 is 0. The maximum absolute atomic E-state index is 11.9. The van der Waals surface area contributed by atoms with Gasteiger partial charge in [0.05, 0.1) is 5.56 Å². The Bertz CT molecular complexity index is 486. The van der Waals surface area contributed by atoms with Crippen molar-refractivity contribution in [2.24, 2.45) is 5.92 Å². The molecule has 1 aliphatic rings. The molecule has 1 amide bonds. The van der Waals surface area contributed by atoms with Crippen molar-refractivity contribution in [1.82, 2.24) is 5.32 Å². The first-order chi connectivity index (χ1) is 8.54. The van der Waals surface area contributed by atoms with E-state index in [-0.39, 0.29) is 5.91 Å². The lowest BCUT2D eigenvalue weighted by Gasteiger charge is -2.33. The van der Waals surface area contributed by atoms with E-state index in [0.29, 0.717) is 17.5 Å². The summed E-state index contributed by atoms with van der Waals surface area (Å²) in [5.74, 6) is -0.359. The van der Waals surface area contributed by atoms with Crippen LogP contribution in [0.5, 0.6) is 0 Å². The second kappa shape index (κ2) is 5.35. The summed E-state index contributed by atoms with van der Waals surface area (Å²) in [6.07, 6.45) is 4.65. The van der Waals surface area contributed by atoms with Crippen molar-refractivity contribution in [1.29, 1.82) is 0 Å². The molecule has 1 heterocycles. The molecule has 0 unspecified atom stereocenters. The van der Waals surface area contributed by atoms with Gasteiger partial charge in [-0.3, -0.25) is 4.79 Å². The standard InChI is InChI=1S/C13H15NO3S/c1-8-4-10(5-8)14-13(17)9-6-11(18-7-9)2-3-12(15)16/h2-3,6-8,10H,4-5H2,1H3,(H,14,17)(H,15,16)/b3-2+. The third-order valence-corrected chi connectivity index (χ3v) is 3.88. The first kappa shape index (κ1) is 12.8. The Kier molecular flexibility index (Phi) is 3.81. The molecule has 0 aromatic carbocycles. The SMILES string of the molecule is CC1CC(NC(=O)c2csc(/C=C/C(=O)O)c2)C1. The molecule has 5 heteroatoms. The molecule has 1 aromatic rings. The summed E-state index contributed by atoms with van der Waals surface area (Å²) in [7, 11) is 0. The number of carbonyl (C=O) groups excluding carboxylic acids is 1.